The summed E-state index contributed by atoms with van der Waals surface area (Å²) in [6, 6.07) is 5.42. The minimum atomic E-state index is -0.933. The summed E-state index contributed by atoms with van der Waals surface area (Å²) in [5.41, 5.74) is 1.98. The van der Waals surface area contributed by atoms with E-state index in [1.165, 1.54) is 0 Å². The van der Waals surface area contributed by atoms with E-state index in [9.17, 15) is 9.00 Å². The van der Waals surface area contributed by atoms with Gasteiger partial charge in [-0.15, -0.1) is 0 Å². The summed E-state index contributed by atoms with van der Waals surface area (Å²) in [6.45, 7) is 2.05. The van der Waals surface area contributed by atoms with E-state index in [2.05, 4.69) is 16.5 Å². The summed E-state index contributed by atoms with van der Waals surface area (Å²) in [5, 5.41) is 9.09. The number of rotatable bonds is 3. The minimum absolute atomic E-state index is 0.263. The smallest absolute Gasteiger partial charge is 0.335 e. The summed E-state index contributed by atoms with van der Waals surface area (Å²) in [5.74, 6) is 1.52. The average molecular weight is 306 g/mol. The molecule has 1 aliphatic rings. The highest BCUT2D eigenvalue weighted by Gasteiger charge is 2.23. The van der Waals surface area contributed by atoms with E-state index in [4.69, 9.17) is 5.11 Å². The Morgan fingerprint density at radius 1 is 1.43 bits per heavy atom. The van der Waals surface area contributed by atoms with Crippen molar-refractivity contribution < 1.29 is 14.1 Å². The fourth-order valence-electron chi connectivity index (χ4n) is 2.98. The molecule has 1 saturated heterocycles. The molecule has 1 aliphatic heterocycles. The molecule has 0 atom stereocenters. The molecule has 6 heteroatoms. The number of aromatic nitrogens is 2. The first-order valence-corrected chi connectivity index (χ1v) is 8.68. The molecule has 0 spiro atoms. The van der Waals surface area contributed by atoms with Crippen LogP contribution < -0.4 is 0 Å². The number of carbonyl (C=O) groups is 1. The molecule has 0 aliphatic carbocycles. The molecule has 2 aromatic rings. The van der Waals surface area contributed by atoms with Crippen molar-refractivity contribution >= 4 is 27.8 Å². The third-order valence-electron chi connectivity index (χ3n) is 4.05. The van der Waals surface area contributed by atoms with Gasteiger partial charge in [0.15, 0.2) is 0 Å². The van der Waals surface area contributed by atoms with E-state index in [1.54, 1.807) is 12.1 Å². The molecule has 0 unspecified atom stereocenters. The van der Waals surface area contributed by atoms with E-state index in [1.807, 2.05) is 6.07 Å². The van der Waals surface area contributed by atoms with Crippen LogP contribution in [0.1, 0.15) is 42.0 Å². The summed E-state index contributed by atoms with van der Waals surface area (Å²) in [7, 11) is -0.686. The summed E-state index contributed by atoms with van der Waals surface area (Å²) in [4.78, 5) is 15.7. The number of carboxylic acid groups (broad SMARTS) is 1. The van der Waals surface area contributed by atoms with E-state index in [0.29, 0.717) is 6.04 Å². The lowest BCUT2D eigenvalue weighted by molar-refractivity contribution is 0.0697. The van der Waals surface area contributed by atoms with Crippen LogP contribution >= 0.6 is 0 Å². The van der Waals surface area contributed by atoms with Gasteiger partial charge in [0.05, 0.1) is 16.6 Å². The van der Waals surface area contributed by atoms with Crippen LogP contribution in [0.3, 0.4) is 0 Å². The highest BCUT2D eigenvalue weighted by atomic mass is 32.2. The monoisotopic (exact) mass is 306 g/mol. The second-order valence-corrected chi connectivity index (χ2v) is 7.04. The van der Waals surface area contributed by atoms with Crippen molar-refractivity contribution in [3.8, 4) is 0 Å². The van der Waals surface area contributed by atoms with E-state index in [-0.39, 0.29) is 5.56 Å². The van der Waals surface area contributed by atoms with Gasteiger partial charge in [0.2, 0.25) is 0 Å². The number of hydrogen-bond donors (Lipinski definition) is 1. The van der Waals surface area contributed by atoms with Crippen molar-refractivity contribution in [2.45, 2.75) is 32.2 Å². The SMILES string of the molecule is CCc1nc2cc(C(=O)O)ccc2n1C1CCS(=O)CC1. The number of imidazole rings is 1. The number of aryl methyl sites for hydroxylation is 1. The van der Waals surface area contributed by atoms with Crippen LogP contribution in [-0.4, -0.2) is 36.3 Å². The van der Waals surface area contributed by atoms with Crippen molar-refractivity contribution in [2.75, 3.05) is 11.5 Å². The van der Waals surface area contributed by atoms with E-state index >= 15 is 0 Å². The second-order valence-electron chi connectivity index (χ2n) is 5.34. The molecule has 112 valence electrons. The van der Waals surface area contributed by atoms with Crippen molar-refractivity contribution in [3.63, 3.8) is 0 Å². The Morgan fingerprint density at radius 3 is 2.76 bits per heavy atom. The van der Waals surface area contributed by atoms with Crippen molar-refractivity contribution in [1.82, 2.24) is 9.55 Å². The van der Waals surface area contributed by atoms with E-state index in [0.717, 1.165) is 47.6 Å². The molecule has 0 amide bonds. The maximum absolute atomic E-state index is 11.5. The van der Waals surface area contributed by atoms with Gasteiger partial charge in [0.1, 0.15) is 5.82 Å². The van der Waals surface area contributed by atoms with Gasteiger partial charge in [0, 0.05) is 34.8 Å². The highest BCUT2D eigenvalue weighted by molar-refractivity contribution is 7.85. The molecule has 1 aromatic carbocycles. The van der Waals surface area contributed by atoms with Crippen LogP contribution in [0, 0.1) is 0 Å². The molecule has 21 heavy (non-hydrogen) atoms. The minimum Gasteiger partial charge on any atom is -0.478 e. The van der Waals surface area contributed by atoms with Gasteiger partial charge in [-0.2, -0.15) is 0 Å². The molecule has 2 heterocycles. The fourth-order valence-corrected chi connectivity index (χ4v) is 4.25. The number of carboxylic acids is 1. The second kappa shape index (κ2) is 5.60. The number of aromatic carboxylic acids is 1. The standard InChI is InChI=1S/C15H18N2O3S/c1-2-14-16-12-9-10(15(18)19)3-4-13(12)17(14)11-5-7-21(20)8-6-11/h3-4,9,11H,2,5-8H2,1H3,(H,18,19). The predicted octanol–water partition coefficient (Wildman–Crippen LogP) is 2.38. The Balaban J connectivity index is 2.08. The molecule has 5 nitrogen and oxygen atoms in total. The quantitative estimate of drug-likeness (QED) is 0.945. The number of nitrogens with zero attached hydrogens (tertiary/aromatic N) is 2. The Bertz CT molecular complexity index is 713. The first-order chi connectivity index (χ1) is 10.1. The molecule has 1 fully saturated rings. The Hall–Kier alpha value is -1.69. The molecular formula is C15H18N2O3S. The first kappa shape index (κ1) is 14.3. The highest BCUT2D eigenvalue weighted by Crippen LogP contribution is 2.29. The fraction of sp³-hybridized carbons (Fsp3) is 0.467. The van der Waals surface area contributed by atoms with Gasteiger partial charge in [-0.05, 0) is 31.0 Å². The molecule has 1 aromatic heterocycles. The van der Waals surface area contributed by atoms with Crippen molar-refractivity contribution in [3.05, 3.63) is 29.6 Å². The van der Waals surface area contributed by atoms with Gasteiger partial charge in [0.25, 0.3) is 0 Å². The molecule has 0 bridgehead atoms. The van der Waals surface area contributed by atoms with Gasteiger partial charge >= 0.3 is 5.97 Å². The Kier molecular flexibility index (Phi) is 3.80. The predicted molar refractivity (Wildman–Crippen MR) is 82.2 cm³/mol. The van der Waals surface area contributed by atoms with Gasteiger partial charge in [-0.3, -0.25) is 4.21 Å². The number of hydrogen-bond acceptors (Lipinski definition) is 3. The van der Waals surface area contributed by atoms with Gasteiger partial charge in [-0.1, -0.05) is 6.92 Å². The van der Waals surface area contributed by atoms with Crippen LogP contribution in [0.2, 0.25) is 0 Å². The molecule has 3 rings (SSSR count). The van der Waals surface area contributed by atoms with Crippen molar-refractivity contribution in [2.24, 2.45) is 0 Å². The molecule has 0 radical (unpaired) electrons. The molecule has 0 saturated carbocycles. The van der Waals surface area contributed by atoms with Gasteiger partial charge < -0.3 is 9.67 Å². The van der Waals surface area contributed by atoms with Crippen LogP contribution in [0.5, 0.6) is 0 Å². The van der Waals surface area contributed by atoms with Crippen molar-refractivity contribution in [1.29, 1.82) is 0 Å². The van der Waals surface area contributed by atoms with Crippen LogP contribution in [0.15, 0.2) is 18.2 Å². The summed E-state index contributed by atoms with van der Waals surface area (Å²) >= 11 is 0. The maximum atomic E-state index is 11.5. The largest absolute Gasteiger partial charge is 0.478 e. The zero-order chi connectivity index (χ0) is 15.0. The third kappa shape index (κ3) is 2.60. The van der Waals surface area contributed by atoms with E-state index < -0.39 is 16.8 Å². The summed E-state index contributed by atoms with van der Waals surface area (Å²) in [6.07, 6.45) is 2.59. The molecular weight excluding hydrogens is 288 g/mol. The lowest BCUT2D eigenvalue weighted by Crippen LogP contribution is -2.22. The van der Waals surface area contributed by atoms with Crippen LogP contribution in [0.25, 0.3) is 11.0 Å². The van der Waals surface area contributed by atoms with Crippen LogP contribution in [-0.2, 0) is 17.2 Å². The zero-order valence-electron chi connectivity index (χ0n) is 11.9. The number of benzene rings is 1. The third-order valence-corrected chi connectivity index (χ3v) is 5.43. The lowest BCUT2D eigenvalue weighted by Gasteiger charge is -2.25. The molecule has 1 N–H and O–H groups in total. The normalized spacial score (nSPS) is 22.5. The zero-order valence-corrected chi connectivity index (χ0v) is 12.7. The lowest BCUT2D eigenvalue weighted by atomic mass is 10.1. The Labute approximate surface area is 125 Å². The van der Waals surface area contributed by atoms with Gasteiger partial charge in [-0.25, -0.2) is 9.78 Å². The first-order valence-electron chi connectivity index (χ1n) is 7.19. The Morgan fingerprint density at radius 2 is 2.14 bits per heavy atom. The number of fused-ring (bicyclic) bond motifs is 1. The summed E-state index contributed by atoms with van der Waals surface area (Å²) < 4.78 is 13.8. The average Bonchev–Trinajstić information content (AvgIpc) is 2.85. The maximum Gasteiger partial charge on any atom is 0.335 e. The van der Waals surface area contributed by atoms with Crippen LogP contribution in [0.4, 0.5) is 0 Å². The topological polar surface area (TPSA) is 72.2 Å².